The van der Waals surface area contributed by atoms with Gasteiger partial charge in [0.2, 0.25) is 0 Å². The highest BCUT2D eigenvalue weighted by atomic mass is 16.6. The second-order valence-electron chi connectivity index (χ2n) is 13.7. The summed E-state index contributed by atoms with van der Waals surface area (Å²) in [7, 11) is 2.59. The number of β-amino-alcohol motifs (C(OH)–C–C–N with tert-alkyl or cyclic N) is 2. The van der Waals surface area contributed by atoms with E-state index in [2.05, 4.69) is 14.7 Å². The number of anilines is 1. The number of aliphatic hydroxyl groups is 2. The predicted octanol–water partition coefficient (Wildman–Crippen LogP) is 2.18. The van der Waals surface area contributed by atoms with Crippen molar-refractivity contribution in [3.8, 4) is 5.75 Å². The van der Waals surface area contributed by atoms with E-state index in [4.69, 9.17) is 23.7 Å². The molecule has 13 heteroatoms. The van der Waals surface area contributed by atoms with Crippen LogP contribution in [0, 0.1) is 0 Å². The molecule has 1 aliphatic heterocycles. The van der Waals surface area contributed by atoms with Gasteiger partial charge in [-0.1, -0.05) is 0 Å². The molecular weight excluding hydrogens is 608 g/mol. The van der Waals surface area contributed by atoms with Gasteiger partial charge in [-0.15, -0.1) is 0 Å². The molecule has 1 aliphatic rings. The number of nitrogens with zero attached hydrogens (tertiary/aromatic N) is 4. The summed E-state index contributed by atoms with van der Waals surface area (Å²) in [5.74, 6) is -0.255. The summed E-state index contributed by atoms with van der Waals surface area (Å²) in [6.07, 6.45) is -2.22. The van der Waals surface area contributed by atoms with Crippen molar-refractivity contribution in [1.82, 2.24) is 14.7 Å². The van der Waals surface area contributed by atoms with Crippen molar-refractivity contribution >= 4 is 17.6 Å². The molecular formula is C34H60N4O9. The molecule has 1 fully saturated rings. The number of carbonyl (C=O) groups is 2. The fourth-order valence-corrected chi connectivity index (χ4v) is 5.44. The number of ether oxygens (including phenoxy) is 5. The summed E-state index contributed by atoms with van der Waals surface area (Å²) in [4.78, 5) is 33.8. The number of carbonyl (C=O) groups excluding carboxylic acids is 2. The summed E-state index contributed by atoms with van der Waals surface area (Å²) < 4.78 is 27.4. The van der Waals surface area contributed by atoms with Gasteiger partial charge < -0.3 is 38.8 Å². The van der Waals surface area contributed by atoms with Gasteiger partial charge in [-0.25, -0.2) is 0 Å². The lowest BCUT2D eigenvalue weighted by Gasteiger charge is -2.38. The Morgan fingerprint density at radius 2 is 1.21 bits per heavy atom. The summed E-state index contributed by atoms with van der Waals surface area (Å²) in [5.41, 5.74) is -0.0463. The maximum absolute atomic E-state index is 13.0. The highest BCUT2D eigenvalue weighted by Gasteiger charge is 2.32. The first-order valence-electron chi connectivity index (χ1n) is 16.6. The van der Waals surface area contributed by atoms with Crippen molar-refractivity contribution in [3.63, 3.8) is 0 Å². The number of hydrogen-bond donors (Lipinski definition) is 2. The number of rotatable bonds is 13. The molecule has 0 bridgehead atoms. The van der Waals surface area contributed by atoms with Crippen LogP contribution < -0.4 is 9.64 Å². The van der Waals surface area contributed by atoms with Crippen molar-refractivity contribution in [2.75, 3.05) is 91.2 Å². The zero-order valence-corrected chi connectivity index (χ0v) is 30.1. The van der Waals surface area contributed by atoms with Gasteiger partial charge in [0.05, 0.1) is 38.4 Å². The van der Waals surface area contributed by atoms with Crippen molar-refractivity contribution in [1.29, 1.82) is 0 Å². The quantitative estimate of drug-likeness (QED) is 0.235. The molecule has 3 unspecified atom stereocenters. The number of hydrogen-bond acceptors (Lipinski definition) is 13. The molecule has 2 rings (SSSR count). The Balaban J connectivity index is 2.44. The van der Waals surface area contributed by atoms with E-state index in [0.29, 0.717) is 59.0 Å². The zero-order valence-electron chi connectivity index (χ0n) is 30.1. The average Bonchev–Trinajstić information content (AvgIpc) is 2.97. The third kappa shape index (κ3) is 16.0. The molecule has 1 saturated heterocycles. The molecule has 1 aromatic carbocycles. The van der Waals surface area contributed by atoms with Crippen molar-refractivity contribution in [2.45, 2.75) is 84.7 Å². The minimum absolute atomic E-state index is 0.166. The van der Waals surface area contributed by atoms with E-state index in [0.717, 1.165) is 11.4 Å². The summed E-state index contributed by atoms with van der Waals surface area (Å²) in [6, 6.07) is 7.12. The SMILES string of the molecule is CCOc1ccc(N2CCN(CC(O)OC(C)(C)C)CCN(C(CC(=O)OC)C(=O)OC)CCN(CC(O)OC(C)(C)C)CC2)cc1. The van der Waals surface area contributed by atoms with E-state index in [1.165, 1.54) is 14.2 Å². The van der Waals surface area contributed by atoms with E-state index < -0.39 is 41.8 Å². The third-order valence-electron chi connectivity index (χ3n) is 7.60. The summed E-state index contributed by atoms with van der Waals surface area (Å²) in [5, 5.41) is 21.7. The number of esters is 2. The van der Waals surface area contributed by atoms with E-state index in [-0.39, 0.29) is 19.5 Å². The molecule has 1 heterocycles. The molecule has 2 N–H and O–H groups in total. The van der Waals surface area contributed by atoms with Gasteiger partial charge in [-0.2, -0.15) is 0 Å². The van der Waals surface area contributed by atoms with Gasteiger partial charge >= 0.3 is 11.9 Å². The topological polar surface area (TPSA) is 134 Å². The van der Waals surface area contributed by atoms with Crippen LogP contribution in [0.1, 0.15) is 54.9 Å². The number of benzene rings is 1. The van der Waals surface area contributed by atoms with E-state index >= 15 is 0 Å². The van der Waals surface area contributed by atoms with Gasteiger partial charge in [-0.05, 0) is 72.7 Å². The van der Waals surface area contributed by atoms with Crippen LogP contribution in [0.2, 0.25) is 0 Å². The second-order valence-corrected chi connectivity index (χ2v) is 13.7. The van der Waals surface area contributed by atoms with Crippen molar-refractivity contribution in [3.05, 3.63) is 24.3 Å². The van der Waals surface area contributed by atoms with Crippen LogP contribution in [0.15, 0.2) is 24.3 Å². The smallest absolute Gasteiger partial charge is 0.323 e. The van der Waals surface area contributed by atoms with Crippen LogP contribution >= 0.6 is 0 Å². The van der Waals surface area contributed by atoms with Crippen LogP contribution in [-0.4, -0.2) is 153 Å². The summed E-state index contributed by atoms with van der Waals surface area (Å²) >= 11 is 0. The normalized spacial score (nSPS) is 18.8. The van der Waals surface area contributed by atoms with Gasteiger partial charge in [0.15, 0.2) is 12.6 Å². The van der Waals surface area contributed by atoms with Gasteiger partial charge in [-0.3, -0.25) is 24.3 Å². The Kier molecular flexibility index (Phi) is 16.8. The lowest BCUT2D eigenvalue weighted by Crippen LogP contribution is -2.53. The Bertz CT molecular complexity index is 1020. The van der Waals surface area contributed by atoms with Crippen LogP contribution in [0.4, 0.5) is 5.69 Å². The second kappa shape index (κ2) is 19.5. The van der Waals surface area contributed by atoms with Crippen LogP contribution in [0.25, 0.3) is 0 Å². The number of methoxy groups -OCH3 is 2. The Morgan fingerprint density at radius 3 is 1.62 bits per heavy atom. The highest BCUT2D eigenvalue weighted by molar-refractivity contribution is 5.82. The molecule has 0 amide bonds. The van der Waals surface area contributed by atoms with Gasteiger partial charge in [0.25, 0.3) is 0 Å². The minimum atomic E-state index is -1.03. The minimum Gasteiger partial charge on any atom is -0.494 e. The van der Waals surface area contributed by atoms with Crippen molar-refractivity contribution in [2.24, 2.45) is 0 Å². The van der Waals surface area contributed by atoms with Gasteiger partial charge in [0.1, 0.15) is 11.8 Å². The van der Waals surface area contributed by atoms with Crippen molar-refractivity contribution < 1.29 is 43.5 Å². The monoisotopic (exact) mass is 668 g/mol. The third-order valence-corrected chi connectivity index (χ3v) is 7.60. The molecule has 0 spiro atoms. The lowest BCUT2D eigenvalue weighted by atomic mass is 10.1. The van der Waals surface area contributed by atoms with Crippen LogP contribution in [0.3, 0.4) is 0 Å². The highest BCUT2D eigenvalue weighted by Crippen LogP contribution is 2.21. The van der Waals surface area contributed by atoms with Crippen LogP contribution in [-0.2, 0) is 28.5 Å². The Morgan fingerprint density at radius 1 is 0.745 bits per heavy atom. The average molecular weight is 669 g/mol. The standard InChI is InChI=1S/C34H60N4O9/c1-10-45-27-13-11-26(12-14-27)37-19-15-35(24-30(40)46-33(2,3)4)17-21-38(28(32(42)44-9)23-29(39)43-8)22-18-36(16-20-37)25-31(41)47-34(5,6)7/h11-14,28,30-31,40-41H,10,15-25H2,1-9H3. The van der Waals surface area contributed by atoms with E-state index in [1.807, 2.05) is 77.6 Å². The molecule has 3 atom stereocenters. The molecule has 1 aromatic rings. The molecule has 270 valence electrons. The molecule has 0 radical (unpaired) electrons. The Labute approximate surface area is 281 Å². The first-order chi connectivity index (χ1) is 22.0. The molecule has 47 heavy (non-hydrogen) atoms. The first-order valence-corrected chi connectivity index (χ1v) is 16.6. The molecule has 13 nitrogen and oxygen atoms in total. The zero-order chi connectivity index (χ0) is 35.2. The number of aliphatic hydroxyl groups excluding tert-OH is 2. The Hall–Kier alpha value is -2.52. The fourth-order valence-electron chi connectivity index (χ4n) is 5.44. The maximum atomic E-state index is 13.0. The molecule has 0 aliphatic carbocycles. The first kappa shape index (κ1) is 40.7. The lowest BCUT2D eigenvalue weighted by molar-refractivity contribution is -0.174. The van der Waals surface area contributed by atoms with Gasteiger partial charge in [0, 0.05) is 71.1 Å². The predicted molar refractivity (Wildman–Crippen MR) is 180 cm³/mol. The fraction of sp³-hybridized carbons (Fsp3) is 0.765. The molecule has 0 aromatic heterocycles. The molecule has 0 saturated carbocycles. The largest absolute Gasteiger partial charge is 0.494 e. The van der Waals surface area contributed by atoms with Crippen LogP contribution in [0.5, 0.6) is 5.75 Å². The van der Waals surface area contributed by atoms with E-state index in [1.54, 1.807) is 0 Å². The van der Waals surface area contributed by atoms with E-state index in [9.17, 15) is 19.8 Å². The maximum Gasteiger partial charge on any atom is 0.323 e. The summed E-state index contributed by atoms with van der Waals surface area (Å²) in [6.45, 7) is 18.6.